The monoisotopic (exact) mass is 351 g/mol. The molecule has 122 valence electrons. The third-order valence-electron chi connectivity index (χ3n) is 3.22. The van der Waals surface area contributed by atoms with Crippen molar-refractivity contribution in [3.05, 3.63) is 59.1 Å². The lowest BCUT2D eigenvalue weighted by Crippen LogP contribution is -2.23. The van der Waals surface area contributed by atoms with Gasteiger partial charge in [0, 0.05) is 16.0 Å². The normalized spacial score (nSPS) is 12.0. The molecule has 0 unspecified atom stereocenters. The first-order valence-electron chi connectivity index (χ1n) is 7.03. The first kappa shape index (κ1) is 17.5. The molecule has 0 aliphatic rings. The number of hydrogen-bond donors (Lipinski definition) is 1. The van der Waals surface area contributed by atoms with Gasteiger partial charge in [0.15, 0.2) is 5.78 Å². The Hall–Kier alpha value is -1.85. The summed E-state index contributed by atoms with van der Waals surface area (Å²) in [5, 5.41) is 0.451. The molecule has 2 aromatic rings. The van der Waals surface area contributed by atoms with E-state index in [0.29, 0.717) is 10.6 Å². The van der Waals surface area contributed by atoms with Crippen LogP contribution in [0.3, 0.4) is 0 Å². The predicted molar refractivity (Wildman–Crippen MR) is 92.5 cm³/mol. The highest BCUT2D eigenvalue weighted by molar-refractivity contribution is 7.92. The van der Waals surface area contributed by atoms with Crippen LogP contribution >= 0.6 is 11.6 Å². The summed E-state index contributed by atoms with van der Waals surface area (Å²) < 4.78 is 27.4. The SMILES string of the molecule is CC(C)(C)C(=O)c1ccccc1NS(=O)(=O)c1ccc(Cl)cc1. The summed E-state index contributed by atoms with van der Waals surface area (Å²) in [5.41, 5.74) is 0.00172. The number of benzene rings is 2. The van der Waals surface area contributed by atoms with Crippen LogP contribution in [0.25, 0.3) is 0 Å². The second kappa shape index (κ2) is 6.34. The van der Waals surface area contributed by atoms with Gasteiger partial charge in [0.2, 0.25) is 0 Å². The van der Waals surface area contributed by atoms with Crippen molar-refractivity contribution in [2.45, 2.75) is 25.7 Å². The highest BCUT2D eigenvalue weighted by Gasteiger charge is 2.26. The van der Waals surface area contributed by atoms with Gasteiger partial charge < -0.3 is 0 Å². The van der Waals surface area contributed by atoms with Crippen LogP contribution in [0.1, 0.15) is 31.1 Å². The number of halogens is 1. The van der Waals surface area contributed by atoms with Gasteiger partial charge in [0.05, 0.1) is 10.6 Å². The van der Waals surface area contributed by atoms with Crippen LogP contribution in [0.2, 0.25) is 5.02 Å². The van der Waals surface area contributed by atoms with Crippen molar-refractivity contribution >= 4 is 33.1 Å². The highest BCUT2D eigenvalue weighted by Crippen LogP contribution is 2.27. The zero-order chi connectivity index (χ0) is 17.3. The molecule has 23 heavy (non-hydrogen) atoms. The molecule has 0 aromatic heterocycles. The topological polar surface area (TPSA) is 63.2 Å². The molecule has 0 fully saturated rings. The molecule has 0 heterocycles. The van der Waals surface area contributed by atoms with Crippen molar-refractivity contribution in [3.8, 4) is 0 Å². The fourth-order valence-electron chi connectivity index (χ4n) is 1.99. The average Bonchev–Trinajstić information content (AvgIpc) is 2.46. The van der Waals surface area contributed by atoms with Gasteiger partial charge in [-0.15, -0.1) is 0 Å². The number of nitrogens with one attached hydrogen (secondary N) is 1. The fourth-order valence-corrected chi connectivity index (χ4v) is 3.20. The van der Waals surface area contributed by atoms with Gasteiger partial charge in [-0.1, -0.05) is 44.5 Å². The molecule has 0 atom stereocenters. The molecule has 1 N–H and O–H groups in total. The third-order valence-corrected chi connectivity index (χ3v) is 4.85. The molecule has 4 nitrogen and oxygen atoms in total. The molecule has 2 aromatic carbocycles. The molecule has 2 rings (SSSR count). The summed E-state index contributed by atoms with van der Waals surface area (Å²) in [4.78, 5) is 12.6. The third kappa shape index (κ3) is 4.12. The zero-order valence-electron chi connectivity index (χ0n) is 13.1. The molecule has 0 radical (unpaired) electrons. The van der Waals surface area contributed by atoms with Crippen molar-refractivity contribution in [2.24, 2.45) is 5.41 Å². The molecule has 0 aliphatic heterocycles. The largest absolute Gasteiger partial charge is 0.294 e. The Bertz CT molecular complexity index is 822. The molecule has 6 heteroatoms. The summed E-state index contributed by atoms with van der Waals surface area (Å²) in [6.45, 7) is 5.37. The van der Waals surface area contributed by atoms with Crippen molar-refractivity contribution in [1.82, 2.24) is 0 Å². The summed E-state index contributed by atoms with van der Waals surface area (Å²) in [6, 6.07) is 12.4. The maximum atomic E-state index is 12.5. The maximum absolute atomic E-state index is 12.5. The van der Waals surface area contributed by atoms with E-state index in [4.69, 9.17) is 11.6 Å². The van der Waals surface area contributed by atoms with E-state index < -0.39 is 15.4 Å². The number of rotatable bonds is 4. The lowest BCUT2D eigenvalue weighted by atomic mass is 9.86. The Kier molecular flexibility index (Phi) is 4.82. The van der Waals surface area contributed by atoms with Gasteiger partial charge in [-0.2, -0.15) is 0 Å². The number of para-hydroxylation sites is 1. The molecule has 0 aliphatic carbocycles. The first-order chi connectivity index (χ1) is 10.6. The van der Waals surface area contributed by atoms with E-state index in [1.807, 2.05) is 0 Å². The van der Waals surface area contributed by atoms with Crippen LogP contribution < -0.4 is 4.72 Å². The zero-order valence-corrected chi connectivity index (χ0v) is 14.7. The van der Waals surface area contributed by atoms with E-state index in [9.17, 15) is 13.2 Å². The Labute approximate surface area is 141 Å². The Morgan fingerprint density at radius 1 is 1.00 bits per heavy atom. The predicted octanol–water partition coefficient (Wildman–Crippen LogP) is 4.37. The van der Waals surface area contributed by atoms with Crippen LogP contribution in [0.15, 0.2) is 53.4 Å². The number of Topliss-reactive ketones (excluding diaryl/α,β-unsaturated/α-hetero) is 1. The number of anilines is 1. The quantitative estimate of drug-likeness (QED) is 0.832. The van der Waals surface area contributed by atoms with Gasteiger partial charge in [-0.05, 0) is 36.4 Å². The molecule has 0 saturated heterocycles. The van der Waals surface area contributed by atoms with Gasteiger partial charge in [0.25, 0.3) is 10.0 Å². The Morgan fingerprint density at radius 2 is 1.57 bits per heavy atom. The van der Waals surface area contributed by atoms with Crippen molar-refractivity contribution in [3.63, 3.8) is 0 Å². The second-order valence-corrected chi connectivity index (χ2v) is 8.30. The van der Waals surface area contributed by atoms with E-state index >= 15 is 0 Å². The van der Waals surface area contributed by atoms with Crippen LogP contribution in [0, 0.1) is 5.41 Å². The molecular weight excluding hydrogens is 334 g/mol. The van der Waals surface area contributed by atoms with Crippen molar-refractivity contribution in [1.29, 1.82) is 0 Å². The maximum Gasteiger partial charge on any atom is 0.261 e. The number of ketones is 1. The number of hydrogen-bond acceptors (Lipinski definition) is 3. The number of carbonyl (C=O) groups is 1. The molecule has 0 spiro atoms. The molecule has 0 bridgehead atoms. The van der Waals surface area contributed by atoms with E-state index in [-0.39, 0.29) is 16.4 Å². The van der Waals surface area contributed by atoms with E-state index in [0.717, 1.165) is 0 Å². The van der Waals surface area contributed by atoms with Gasteiger partial charge in [0.1, 0.15) is 0 Å². The Balaban J connectivity index is 2.41. The summed E-state index contributed by atoms with van der Waals surface area (Å²) in [5.74, 6) is -0.132. The first-order valence-corrected chi connectivity index (χ1v) is 8.89. The van der Waals surface area contributed by atoms with Crippen molar-refractivity contribution in [2.75, 3.05) is 4.72 Å². The standard InChI is InChI=1S/C17H18ClNO3S/c1-17(2,3)16(20)14-6-4-5-7-15(14)19-23(21,22)13-10-8-12(18)9-11-13/h4-11,19H,1-3H3. The van der Waals surface area contributed by atoms with Gasteiger partial charge in [-0.3, -0.25) is 9.52 Å². The summed E-state index contributed by atoms with van der Waals surface area (Å²) in [7, 11) is -3.79. The second-order valence-electron chi connectivity index (χ2n) is 6.18. The highest BCUT2D eigenvalue weighted by atomic mass is 35.5. The van der Waals surface area contributed by atoms with E-state index in [1.54, 1.807) is 45.0 Å². The number of sulfonamides is 1. The van der Waals surface area contributed by atoms with Crippen LogP contribution in [-0.4, -0.2) is 14.2 Å². The molecular formula is C17H18ClNO3S. The summed E-state index contributed by atoms with van der Waals surface area (Å²) >= 11 is 5.78. The molecule has 0 amide bonds. The minimum Gasteiger partial charge on any atom is -0.294 e. The number of carbonyl (C=O) groups excluding carboxylic acids is 1. The van der Waals surface area contributed by atoms with Crippen LogP contribution in [0.5, 0.6) is 0 Å². The van der Waals surface area contributed by atoms with Crippen molar-refractivity contribution < 1.29 is 13.2 Å². The lowest BCUT2D eigenvalue weighted by molar-refractivity contribution is 0.0859. The van der Waals surface area contributed by atoms with Crippen LogP contribution in [0.4, 0.5) is 5.69 Å². The fraction of sp³-hybridized carbons (Fsp3) is 0.235. The Morgan fingerprint density at radius 3 is 2.13 bits per heavy atom. The average molecular weight is 352 g/mol. The van der Waals surface area contributed by atoms with Gasteiger partial charge in [-0.25, -0.2) is 8.42 Å². The smallest absolute Gasteiger partial charge is 0.261 e. The van der Waals surface area contributed by atoms with Gasteiger partial charge >= 0.3 is 0 Å². The van der Waals surface area contributed by atoms with E-state index in [1.165, 1.54) is 24.3 Å². The molecule has 0 saturated carbocycles. The lowest BCUT2D eigenvalue weighted by Gasteiger charge is -2.19. The minimum absolute atomic E-state index is 0.0833. The summed E-state index contributed by atoms with van der Waals surface area (Å²) in [6.07, 6.45) is 0. The minimum atomic E-state index is -3.79. The van der Waals surface area contributed by atoms with Crippen LogP contribution in [-0.2, 0) is 10.0 Å². The van der Waals surface area contributed by atoms with E-state index in [2.05, 4.69) is 4.72 Å².